The summed E-state index contributed by atoms with van der Waals surface area (Å²) in [6.07, 6.45) is 1.97. The minimum absolute atomic E-state index is 0.302. The number of benzene rings is 1. The van der Waals surface area contributed by atoms with E-state index < -0.39 is 12.0 Å². The monoisotopic (exact) mass is 248 g/mol. The van der Waals surface area contributed by atoms with Gasteiger partial charge in [0.05, 0.1) is 0 Å². The normalized spacial score (nSPS) is 16.3. The molecule has 1 aliphatic rings. The van der Waals surface area contributed by atoms with Crippen molar-refractivity contribution in [3.8, 4) is 0 Å². The number of carbonyl (C=O) groups excluding carboxylic acids is 1. The van der Waals surface area contributed by atoms with Crippen LogP contribution >= 0.6 is 0 Å². The molecule has 0 aromatic heterocycles. The van der Waals surface area contributed by atoms with Crippen molar-refractivity contribution < 1.29 is 14.7 Å². The van der Waals surface area contributed by atoms with Gasteiger partial charge in [-0.25, -0.2) is 9.59 Å². The average Bonchev–Trinajstić information content (AvgIpc) is 2.90. The van der Waals surface area contributed by atoms with Crippen molar-refractivity contribution >= 4 is 12.0 Å². The third kappa shape index (κ3) is 2.80. The lowest BCUT2D eigenvalue weighted by molar-refractivity contribution is -0.139. The molecule has 96 valence electrons. The second-order valence-electron chi connectivity index (χ2n) is 4.33. The molecule has 18 heavy (non-hydrogen) atoms. The predicted molar refractivity (Wildman–Crippen MR) is 66.2 cm³/mol. The van der Waals surface area contributed by atoms with Gasteiger partial charge < -0.3 is 15.3 Å². The summed E-state index contributed by atoms with van der Waals surface area (Å²) in [5.41, 5.74) is 0.581. The first kappa shape index (κ1) is 12.4. The van der Waals surface area contributed by atoms with E-state index in [1.54, 1.807) is 29.2 Å². The summed E-state index contributed by atoms with van der Waals surface area (Å²) in [5, 5.41) is 11.7. The molecule has 5 heteroatoms. The highest BCUT2D eigenvalue weighted by atomic mass is 16.4. The lowest BCUT2D eigenvalue weighted by Gasteiger charge is -2.20. The SMILES string of the molecule is O=C(O)C(NC(=O)N1CCCC1)c1ccccc1. The molecule has 2 N–H and O–H groups in total. The molecule has 1 fully saturated rings. The Balaban J connectivity index is 2.07. The lowest BCUT2D eigenvalue weighted by Crippen LogP contribution is -2.42. The molecule has 2 rings (SSSR count). The van der Waals surface area contributed by atoms with Crippen molar-refractivity contribution in [1.29, 1.82) is 0 Å². The maximum absolute atomic E-state index is 11.9. The van der Waals surface area contributed by atoms with Gasteiger partial charge in [-0.3, -0.25) is 0 Å². The Labute approximate surface area is 105 Å². The smallest absolute Gasteiger partial charge is 0.330 e. The molecule has 1 aromatic carbocycles. The van der Waals surface area contributed by atoms with Crippen molar-refractivity contribution in [3.63, 3.8) is 0 Å². The highest BCUT2D eigenvalue weighted by Gasteiger charge is 2.25. The van der Waals surface area contributed by atoms with Crippen LogP contribution in [-0.4, -0.2) is 35.1 Å². The van der Waals surface area contributed by atoms with Crippen molar-refractivity contribution in [2.24, 2.45) is 0 Å². The molecule has 0 bridgehead atoms. The summed E-state index contributed by atoms with van der Waals surface area (Å²) in [7, 11) is 0. The number of likely N-dealkylation sites (tertiary alicyclic amines) is 1. The third-order valence-electron chi connectivity index (χ3n) is 3.04. The number of nitrogens with one attached hydrogen (secondary N) is 1. The van der Waals surface area contributed by atoms with E-state index in [9.17, 15) is 14.7 Å². The Morgan fingerprint density at radius 1 is 1.17 bits per heavy atom. The zero-order chi connectivity index (χ0) is 13.0. The standard InChI is InChI=1S/C13H16N2O3/c16-12(17)11(10-6-2-1-3-7-10)14-13(18)15-8-4-5-9-15/h1-3,6-7,11H,4-5,8-9H2,(H,14,18)(H,16,17). The van der Waals surface area contributed by atoms with Crippen LogP contribution in [0.25, 0.3) is 0 Å². The van der Waals surface area contributed by atoms with Crippen molar-refractivity contribution in [2.45, 2.75) is 18.9 Å². The van der Waals surface area contributed by atoms with Gasteiger partial charge in [-0.2, -0.15) is 0 Å². The number of aliphatic carboxylic acids is 1. The van der Waals surface area contributed by atoms with Crippen molar-refractivity contribution in [2.75, 3.05) is 13.1 Å². The molecular formula is C13H16N2O3. The van der Waals surface area contributed by atoms with Crippen LogP contribution in [0.4, 0.5) is 4.79 Å². The molecule has 0 radical (unpaired) electrons. The van der Waals surface area contributed by atoms with Gasteiger partial charge >= 0.3 is 12.0 Å². The topological polar surface area (TPSA) is 69.6 Å². The Kier molecular flexibility index (Phi) is 3.82. The van der Waals surface area contributed by atoms with E-state index in [0.29, 0.717) is 18.7 Å². The summed E-state index contributed by atoms with van der Waals surface area (Å²) in [6, 6.07) is 7.43. The largest absolute Gasteiger partial charge is 0.479 e. The number of carboxylic acids is 1. The Bertz CT molecular complexity index is 427. The fraction of sp³-hybridized carbons (Fsp3) is 0.385. The molecule has 0 saturated carbocycles. The molecular weight excluding hydrogens is 232 g/mol. The number of hydrogen-bond acceptors (Lipinski definition) is 2. The predicted octanol–water partition coefficient (Wildman–Crippen LogP) is 1.62. The molecule has 5 nitrogen and oxygen atoms in total. The molecule has 1 aromatic rings. The van der Waals surface area contributed by atoms with Crippen LogP contribution < -0.4 is 5.32 Å². The first-order chi connectivity index (χ1) is 8.68. The molecule has 1 aliphatic heterocycles. The van der Waals surface area contributed by atoms with Gasteiger partial charge in [0.2, 0.25) is 0 Å². The van der Waals surface area contributed by atoms with Gasteiger partial charge in [0.15, 0.2) is 6.04 Å². The van der Waals surface area contributed by atoms with Gasteiger partial charge in [-0.15, -0.1) is 0 Å². The van der Waals surface area contributed by atoms with E-state index in [1.807, 2.05) is 6.07 Å². The highest BCUT2D eigenvalue weighted by molar-refractivity contribution is 5.83. The van der Waals surface area contributed by atoms with Crippen LogP contribution in [-0.2, 0) is 4.79 Å². The molecule has 1 atom stereocenters. The molecule has 0 aliphatic carbocycles. The van der Waals surface area contributed by atoms with Gasteiger partial charge in [0, 0.05) is 13.1 Å². The second kappa shape index (κ2) is 5.53. The van der Waals surface area contributed by atoms with Crippen LogP contribution in [0.5, 0.6) is 0 Å². The average molecular weight is 248 g/mol. The Hall–Kier alpha value is -2.04. The summed E-state index contributed by atoms with van der Waals surface area (Å²) < 4.78 is 0. The van der Waals surface area contributed by atoms with Crippen LogP contribution in [0.2, 0.25) is 0 Å². The molecule has 2 amide bonds. The summed E-state index contributed by atoms with van der Waals surface area (Å²) in [6.45, 7) is 1.40. The van der Waals surface area contributed by atoms with E-state index in [1.165, 1.54) is 0 Å². The number of amides is 2. The number of carbonyl (C=O) groups is 2. The zero-order valence-corrected chi connectivity index (χ0v) is 10.0. The molecule has 1 unspecified atom stereocenters. The number of carboxylic acid groups (broad SMARTS) is 1. The van der Waals surface area contributed by atoms with Gasteiger partial charge in [-0.1, -0.05) is 30.3 Å². The van der Waals surface area contributed by atoms with Gasteiger partial charge in [0.25, 0.3) is 0 Å². The van der Waals surface area contributed by atoms with E-state index in [4.69, 9.17) is 0 Å². The first-order valence-electron chi connectivity index (χ1n) is 6.01. The Morgan fingerprint density at radius 2 is 1.78 bits per heavy atom. The fourth-order valence-corrected chi connectivity index (χ4v) is 2.07. The number of rotatable bonds is 3. The molecule has 0 spiro atoms. The Morgan fingerprint density at radius 3 is 2.33 bits per heavy atom. The second-order valence-corrected chi connectivity index (χ2v) is 4.33. The van der Waals surface area contributed by atoms with E-state index in [2.05, 4.69) is 5.32 Å². The van der Waals surface area contributed by atoms with Crippen LogP contribution in [0.1, 0.15) is 24.4 Å². The highest BCUT2D eigenvalue weighted by Crippen LogP contribution is 2.14. The summed E-state index contributed by atoms with van der Waals surface area (Å²) in [4.78, 5) is 24.8. The van der Waals surface area contributed by atoms with E-state index in [0.717, 1.165) is 12.8 Å². The minimum atomic E-state index is -1.05. The maximum atomic E-state index is 11.9. The fourth-order valence-electron chi connectivity index (χ4n) is 2.07. The lowest BCUT2D eigenvalue weighted by atomic mass is 10.1. The summed E-state index contributed by atoms with van der Waals surface area (Å²) in [5.74, 6) is -1.05. The van der Waals surface area contributed by atoms with Crippen LogP contribution in [0, 0.1) is 0 Å². The number of nitrogens with zero attached hydrogens (tertiary/aromatic N) is 1. The number of hydrogen-bond donors (Lipinski definition) is 2. The van der Waals surface area contributed by atoms with E-state index in [-0.39, 0.29) is 6.03 Å². The van der Waals surface area contributed by atoms with Crippen LogP contribution in [0.15, 0.2) is 30.3 Å². The van der Waals surface area contributed by atoms with Gasteiger partial charge in [-0.05, 0) is 18.4 Å². The summed E-state index contributed by atoms with van der Waals surface area (Å²) >= 11 is 0. The van der Waals surface area contributed by atoms with Gasteiger partial charge in [0.1, 0.15) is 0 Å². The van der Waals surface area contributed by atoms with E-state index >= 15 is 0 Å². The zero-order valence-electron chi connectivity index (χ0n) is 10.0. The molecule has 1 heterocycles. The third-order valence-corrected chi connectivity index (χ3v) is 3.04. The quantitative estimate of drug-likeness (QED) is 0.854. The van der Waals surface area contributed by atoms with Crippen molar-refractivity contribution in [1.82, 2.24) is 10.2 Å². The van der Waals surface area contributed by atoms with Crippen LogP contribution in [0.3, 0.4) is 0 Å². The first-order valence-corrected chi connectivity index (χ1v) is 6.01. The minimum Gasteiger partial charge on any atom is -0.479 e. The molecule has 1 saturated heterocycles. The maximum Gasteiger partial charge on any atom is 0.330 e. The van der Waals surface area contributed by atoms with Crippen molar-refractivity contribution in [3.05, 3.63) is 35.9 Å². The number of urea groups is 1.